The van der Waals surface area contributed by atoms with Gasteiger partial charge < -0.3 is 9.84 Å². The first-order valence-corrected chi connectivity index (χ1v) is 6.96. The summed E-state index contributed by atoms with van der Waals surface area (Å²) in [4.78, 5) is 4.09. The van der Waals surface area contributed by atoms with Crippen LogP contribution in [0.4, 0.5) is 4.39 Å². The quantitative estimate of drug-likeness (QED) is 0.916. The number of benzene rings is 1. The molecule has 1 N–H and O–H groups in total. The molecule has 112 valence electrons. The molecule has 0 aliphatic heterocycles. The summed E-state index contributed by atoms with van der Waals surface area (Å²) in [5, 5.41) is 10.7. The summed E-state index contributed by atoms with van der Waals surface area (Å²) in [6.07, 6.45) is 3.38. The van der Waals surface area contributed by atoms with E-state index in [-0.39, 0.29) is 18.3 Å². The monoisotopic (exact) mass is 289 g/mol. The van der Waals surface area contributed by atoms with Crippen molar-refractivity contribution in [2.75, 3.05) is 0 Å². The molecule has 1 heterocycles. The highest BCUT2D eigenvalue weighted by atomic mass is 19.1. The summed E-state index contributed by atoms with van der Waals surface area (Å²) in [6.45, 7) is 5.49. The molecule has 0 aliphatic rings. The van der Waals surface area contributed by atoms with Crippen LogP contribution in [0.3, 0.4) is 0 Å². The molecule has 21 heavy (non-hydrogen) atoms. The number of rotatable bonds is 5. The second-order valence-electron chi connectivity index (χ2n) is 5.62. The van der Waals surface area contributed by atoms with Crippen LogP contribution in [-0.4, -0.2) is 16.2 Å². The van der Waals surface area contributed by atoms with Crippen molar-refractivity contribution in [3.63, 3.8) is 0 Å². The van der Waals surface area contributed by atoms with Crippen LogP contribution in [0.15, 0.2) is 42.7 Å². The number of pyridine rings is 1. The molecule has 3 nitrogen and oxygen atoms in total. The van der Waals surface area contributed by atoms with Crippen molar-refractivity contribution in [3.05, 3.63) is 59.7 Å². The van der Waals surface area contributed by atoms with E-state index >= 15 is 0 Å². The number of halogens is 1. The van der Waals surface area contributed by atoms with Crippen molar-refractivity contribution in [3.8, 4) is 5.75 Å². The third kappa shape index (κ3) is 4.02. The summed E-state index contributed by atoms with van der Waals surface area (Å²) in [5.74, 6) is 0.275. The zero-order chi connectivity index (χ0) is 15.5. The number of aliphatic hydroxyl groups is 1. The van der Waals surface area contributed by atoms with Gasteiger partial charge in [0.2, 0.25) is 0 Å². The van der Waals surface area contributed by atoms with E-state index < -0.39 is 5.60 Å². The lowest BCUT2D eigenvalue weighted by Gasteiger charge is -2.24. The third-order valence-corrected chi connectivity index (χ3v) is 3.20. The Bertz CT molecular complexity index is 611. The summed E-state index contributed by atoms with van der Waals surface area (Å²) in [6, 6.07) is 8.19. The van der Waals surface area contributed by atoms with Crippen molar-refractivity contribution in [1.29, 1.82) is 0 Å². The van der Waals surface area contributed by atoms with Crippen molar-refractivity contribution in [1.82, 2.24) is 4.98 Å². The third-order valence-electron chi connectivity index (χ3n) is 3.20. The van der Waals surface area contributed by atoms with E-state index in [1.54, 1.807) is 43.6 Å². The smallest absolute Gasteiger partial charge is 0.138 e. The van der Waals surface area contributed by atoms with Crippen LogP contribution in [0.2, 0.25) is 0 Å². The fourth-order valence-corrected chi connectivity index (χ4v) is 2.16. The van der Waals surface area contributed by atoms with E-state index in [2.05, 4.69) is 4.98 Å². The molecule has 1 unspecified atom stereocenters. The van der Waals surface area contributed by atoms with Crippen LogP contribution in [0.25, 0.3) is 0 Å². The summed E-state index contributed by atoms with van der Waals surface area (Å²) < 4.78 is 19.3. The Morgan fingerprint density at radius 3 is 2.67 bits per heavy atom. The zero-order valence-electron chi connectivity index (χ0n) is 12.5. The molecule has 0 saturated heterocycles. The van der Waals surface area contributed by atoms with Crippen LogP contribution in [-0.2, 0) is 12.0 Å². The second kappa shape index (κ2) is 6.22. The minimum atomic E-state index is -1.22. The van der Waals surface area contributed by atoms with E-state index in [0.29, 0.717) is 16.9 Å². The van der Waals surface area contributed by atoms with Gasteiger partial charge in [0.05, 0.1) is 17.9 Å². The van der Waals surface area contributed by atoms with Gasteiger partial charge in [0, 0.05) is 18.2 Å². The Labute approximate surface area is 124 Å². The normalized spacial score (nSPS) is 14.0. The molecule has 1 aromatic heterocycles. The van der Waals surface area contributed by atoms with E-state index in [1.807, 2.05) is 13.8 Å². The largest absolute Gasteiger partial charge is 0.489 e. The van der Waals surface area contributed by atoms with Gasteiger partial charge in [-0.25, -0.2) is 4.39 Å². The minimum absolute atomic E-state index is 0.0265. The SMILES string of the molecule is CC(C)Oc1cncc(C(C)(O)Cc2ccccc2F)c1. The molecule has 0 amide bonds. The Morgan fingerprint density at radius 2 is 2.00 bits per heavy atom. The van der Waals surface area contributed by atoms with Crippen LogP contribution in [0.5, 0.6) is 5.75 Å². The Balaban J connectivity index is 2.25. The second-order valence-corrected chi connectivity index (χ2v) is 5.62. The first kappa shape index (κ1) is 15.4. The first-order valence-electron chi connectivity index (χ1n) is 6.96. The van der Waals surface area contributed by atoms with E-state index in [4.69, 9.17) is 4.74 Å². The van der Waals surface area contributed by atoms with Crippen molar-refractivity contribution < 1.29 is 14.2 Å². The van der Waals surface area contributed by atoms with Gasteiger partial charge in [0.25, 0.3) is 0 Å². The summed E-state index contributed by atoms with van der Waals surface area (Å²) in [5.41, 5.74) is -0.146. The van der Waals surface area contributed by atoms with Crippen LogP contribution in [0, 0.1) is 5.82 Å². The van der Waals surface area contributed by atoms with Gasteiger partial charge in [0.15, 0.2) is 0 Å². The van der Waals surface area contributed by atoms with Crippen molar-refractivity contribution in [2.24, 2.45) is 0 Å². The van der Waals surface area contributed by atoms with Gasteiger partial charge in [-0.3, -0.25) is 4.98 Å². The molecule has 2 rings (SSSR count). The lowest BCUT2D eigenvalue weighted by Crippen LogP contribution is -2.25. The van der Waals surface area contributed by atoms with Crippen LogP contribution >= 0.6 is 0 Å². The standard InChI is InChI=1S/C17H20FNO2/c1-12(2)21-15-8-14(10-19-11-15)17(3,20)9-13-6-4-5-7-16(13)18/h4-8,10-12,20H,9H2,1-3H3. The minimum Gasteiger partial charge on any atom is -0.489 e. The first-order chi connectivity index (χ1) is 9.88. The molecule has 0 fully saturated rings. The van der Waals surface area contributed by atoms with Crippen molar-refractivity contribution >= 4 is 0 Å². The van der Waals surface area contributed by atoms with E-state index in [9.17, 15) is 9.50 Å². The highest BCUT2D eigenvalue weighted by molar-refractivity contribution is 5.30. The number of hydrogen-bond acceptors (Lipinski definition) is 3. The van der Waals surface area contributed by atoms with E-state index in [1.165, 1.54) is 6.07 Å². The molecule has 0 radical (unpaired) electrons. The maximum atomic E-state index is 13.7. The average Bonchev–Trinajstić information content (AvgIpc) is 2.41. The van der Waals surface area contributed by atoms with Crippen LogP contribution in [0.1, 0.15) is 31.9 Å². The summed E-state index contributed by atoms with van der Waals surface area (Å²) in [7, 11) is 0. The topological polar surface area (TPSA) is 42.4 Å². The molecular formula is C17H20FNO2. The zero-order valence-corrected chi connectivity index (χ0v) is 12.5. The lowest BCUT2D eigenvalue weighted by molar-refractivity contribution is 0.0559. The van der Waals surface area contributed by atoms with Crippen LogP contribution < -0.4 is 4.74 Å². The Morgan fingerprint density at radius 1 is 1.29 bits per heavy atom. The fraction of sp³-hybridized carbons (Fsp3) is 0.353. The Hall–Kier alpha value is -1.94. The van der Waals surface area contributed by atoms with Gasteiger partial charge in [-0.1, -0.05) is 18.2 Å². The molecule has 0 saturated carbocycles. The fourth-order valence-electron chi connectivity index (χ4n) is 2.16. The van der Waals surface area contributed by atoms with Gasteiger partial charge in [-0.05, 0) is 38.5 Å². The van der Waals surface area contributed by atoms with E-state index in [0.717, 1.165) is 0 Å². The number of hydrogen-bond donors (Lipinski definition) is 1. The predicted octanol–water partition coefficient (Wildman–Crippen LogP) is 3.46. The Kier molecular flexibility index (Phi) is 4.58. The lowest BCUT2D eigenvalue weighted by atomic mass is 9.90. The molecule has 0 aliphatic carbocycles. The number of nitrogens with zero attached hydrogens (tertiary/aromatic N) is 1. The van der Waals surface area contributed by atoms with Gasteiger partial charge in [-0.2, -0.15) is 0 Å². The number of ether oxygens (including phenoxy) is 1. The average molecular weight is 289 g/mol. The van der Waals surface area contributed by atoms with Gasteiger partial charge in [-0.15, -0.1) is 0 Å². The molecule has 1 atom stereocenters. The summed E-state index contributed by atoms with van der Waals surface area (Å²) >= 11 is 0. The maximum Gasteiger partial charge on any atom is 0.138 e. The van der Waals surface area contributed by atoms with Crippen molar-refractivity contribution in [2.45, 2.75) is 38.9 Å². The molecular weight excluding hydrogens is 269 g/mol. The predicted molar refractivity (Wildman–Crippen MR) is 79.7 cm³/mol. The molecule has 1 aromatic carbocycles. The highest BCUT2D eigenvalue weighted by Gasteiger charge is 2.26. The number of aromatic nitrogens is 1. The van der Waals surface area contributed by atoms with Gasteiger partial charge in [0.1, 0.15) is 11.6 Å². The maximum absolute atomic E-state index is 13.7. The molecule has 0 spiro atoms. The highest BCUT2D eigenvalue weighted by Crippen LogP contribution is 2.28. The van der Waals surface area contributed by atoms with Gasteiger partial charge >= 0.3 is 0 Å². The molecule has 2 aromatic rings. The molecule has 0 bridgehead atoms. The molecule has 4 heteroatoms.